The summed E-state index contributed by atoms with van der Waals surface area (Å²) in [5.74, 6) is -0.616. The van der Waals surface area contributed by atoms with E-state index in [1.807, 2.05) is 0 Å². The number of allylic oxidation sites excluding steroid dienone is 2. The Hall–Kier alpha value is -1.14. The molecule has 0 spiro atoms. The molecule has 0 N–H and O–H groups in total. The van der Waals surface area contributed by atoms with Crippen molar-refractivity contribution in [3.63, 3.8) is 0 Å². The topological polar surface area (TPSA) is 61.8 Å². The molecule has 0 amide bonds. The van der Waals surface area contributed by atoms with Gasteiger partial charge in [0.1, 0.15) is 6.61 Å². The molecule has 0 heterocycles. The molecule has 0 fully saturated rings. The van der Waals surface area contributed by atoms with Gasteiger partial charge in [0.25, 0.3) is 0 Å². The van der Waals surface area contributed by atoms with Crippen molar-refractivity contribution in [2.75, 3.05) is 13.2 Å². The summed E-state index contributed by atoms with van der Waals surface area (Å²) in [4.78, 5) is 23.6. The minimum absolute atomic E-state index is 0.0437. The van der Waals surface area contributed by atoms with Crippen LogP contribution in [0.1, 0.15) is 125 Å². The van der Waals surface area contributed by atoms with Crippen LogP contribution in [0.3, 0.4) is 0 Å². The standard InChI is InChI=1S/C29H56O5Si/c1-8-9-10-11-12-13-14-15-16-17-18-19-20-21-22-23-28(31)34-27(24-32-26(2)30)25-33-35(6,7)29(3,4)5/h15-16,27H,8-14,17-25H2,1-7H3/b16-15-/t27-/m1/s1. The molecule has 0 aromatic heterocycles. The van der Waals surface area contributed by atoms with E-state index in [0.29, 0.717) is 6.42 Å². The maximum Gasteiger partial charge on any atom is 0.306 e. The van der Waals surface area contributed by atoms with Gasteiger partial charge in [-0.05, 0) is 50.2 Å². The first-order chi connectivity index (χ1) is 16.5. The molecule has 0 aromatic carbocycles. The molecule has 0 bridgehead atoms. The molecule has 0 rings (SSSR count). The summed E-state index contributed by atoms with van der Waals surface area (Å²) >= 11 is 0. The first-order valence-electron chi connectivity index (χ1n) is 14.1. The number of ether oxygens (including phenoxy) is 2. The first-order valence-corrected chi connectivity index (χ1v) is 17.0. The molecule has 206 valence electrons. The van der Waals surface area contributed by atoms with Gasteiger partial charge in [-0.1, -0.05) is 91.2 Å². The van der Waals surface area contributed by atoms with Gasteiger partial charge in [0, 0.05) is 13.3 Å². The molecule has 35 heavy (non-hydrogen) atoms. The van der Waals surface area contributed by atoms with Crippen LogP contribution in [0.2, 0.25) is 18.1 Å². The average Bonchev–Trinajstić information content (AvgIpc) is 2.77. The SMILES string of the molecule is CCCCCCCC/C=C\CCCCCCCC(=O)O[C@H](COC(C)=O)CO[Si](C)(C)C(C)(C)C. The second kappa shape index (κ2) is 20.0. The van der Waals surface area contributed by atoms with Crippen LogP contribution in [0.15, 0.2) is 12.2 Å². The molecule has 0 radical (unpaired) electrons. The molecular weight excluding hydrogens is 456 g/mol. The van der Waals surface area contributed by atoms with Crippen molar-refractivity contribution in [1.29, 1.82) is 0 Å². The van der Waals surface area contributed by atoms with Gasteiger partial charge in [-0.15, -0.1) is 0 Å². The molecule has 0 aliphatic rings. The Morgan fingerprint density at radius 3 is 1.83 bits per heavy atom. The van der Waals surface area contributed by atoms with Crippen LogP contribution in [0.5, 0.6) is 0 Å². The first kappa shape index (κ1) is 33.9. The zero-order valence-electron chi connectivity index (χ0n) is 24.1. The summed E-state index contributed by atoms with van der Waals surface area (Å²) in [6.07, 6.45) is 20.5. The van der Waals surface area contributed by atoms with Crippen molar-refractivity contribution >= 4 is 20.3 Å². The summed E-state index contributed by atoms with van der Waals surface area (Å²) in [7, 11) is -1.98. The highest BCUT2D eigenvalue weighted by Crippen LogP contribution is 2.36. The van der Waals surface area contributed by atoms with E-state index in [-0.39, 0.29) is 30.2 Å². The van der Waals surface area contributed by atoms with Crippen molar-refractivity contribution in [2.45, 2.75) is 149 Å². The molecule has 0 unspecified atom stereocenters. The highest BCUT2D eigenvalue weighted by atomic mass is 28.4. The zero-order valence-corrected chi connectivity index (χ0v) is 25.1. The Kier molecular flexibility index (Phi) is 19.3. The van der Waals surface area contributed by atoms with E-state index in [4.69, 9.17) is 13.9 Å². The molecule has 0 aromatic rings. The van der Waals surface area contributed by atoms with Gasteiger partial charge in [0.15, 0.2) is 14.4 Å². The maximum absolute atomic E-state index is 12.3. The fourth-order valence-electron chi connectivity index (χ4n) is 3.43. The third-order valence-corrected chi connectivity index (χ3v) is 11.4. The predicted molar refractivity (Wildman–Crippen MR) is 149 cm³/mol. The fraction of sp³-hybridized carbons (Fsp3) is 0.862. The third kappa shape index (κ3) is 19.7. The van der Waals surface area contributed by atoms with Crippen molar-refractivity contribution in [3.05, 3.63) is 12.2 Å². The van der Waals surface area contributed by atoms with Crippen molar-refractivity contribution in [1.82, 2.24) is 0 Å². The Labute approximate surface area is 217 Å². The van der Waals surface area contributed by atoms with Crippen LogP contribution in [-0.4, -0.2) is 39.6 Å². The second-order valence-electron chi connectivity index (χ2n) is 11.3. The summed E-state index contributed by atoms with van der Waals surface area (Å²) in [5.41, 5.74) is 0. The summed E-state index contributed by atoms with van der Waals surface area (Å²) in [6, 6.07) is 0. The van der Waals surface area contributed by atoms with E-state index in [2.05, 4.69) is 52.9 Å². The van der Waals surface area contributed by atoms with Crippen molar-refractivity contribution < 1.29 is 23.5 Å². The second-order valence-corrected chi connectivity index (χ2v) is 16.1. The molecule has 0 aliphatic carbocycles. The Bertz CT molecular complexity index is 580. The highest BCUT2D eigenvalue weighted by molar-refractivity contribution is 6.74. The lowest BCUT2D eigenvalue weighted by atomic mass is 10.1. The smallest absolute Gasteiger partial charge is 0.306 e. The Morgan fingerprint density at radius 1 is 0.800 bits per heavy atom. The number of unbranched alkanes of at least 4 members (excludes halogenated alkanes) is 11. The van der Waals surface area contributed by atoms with Gasteiger partial charge in [-0.25, -0.2) is 0 Å². The molecule has 1 atom stereocenters. The minimum atomic E-state index is -1.98. The fourth-order valence-corrected chi connectivity index (χ4v) is 4.46. The van der Waals surface area contributed by atoms with Crippen molar-refractivity contribution in [2.24, 2.45) is 0 Å². The van der Waals surface area contributed by atoms with Gasteiger partial charge in [0.2, 0.25) is 0 Å². The molecule has 0 saturated heterocycles. The zero-order chi connectivity index (χ0) is 26.6. The predicted octanol–water partition coefficient (Wildman–Crippen LogP) is 8.52. The van der Waals surface area contributed by atoms with Crippen LogP contribution in [0.25, 0.3) is 0 Å². The number of esters is 2. The normalized spacial score (nSPS) is 13.2. The number of hydrogen-bond acceptors (Lipinski definition) is 5. The van der Waals surface area contributed by atoms with Crippen molar-refractivity contribution in [3.8, 4) is 0 Å². The van der Waals surface area contributed by atoms with Gasteiger partial charge in [-0.2, -0.15) is 0 Å². The number of rotatable bonds is 21. The van der Waals surface area contributed by atoms with Crippen LogP contribution < -0.4 is 0 Å². The van der Waals surface area contributed by atoms with E-state index < -0.39 is 14.4 Å². The van der Waals surface area contributed by atoms with Crippen LogP contribution in [-0.2, 0) is 23.5 Å². The minimum Gasteiger partial charge on any atom is -0.462 e. The number of carbonyl (C=O) groups excluding carboxylic acids is 2. The number of carbonyl (C=O) groups is 2. The van der Waals surface area contributed by atoms with E-state index in [9.17, 15) is 9.59 Å². The number of hydrogen-bond donors (Lipinski definition) is 0. The van der Waals surface area contributed by atoms with Gasteiger partial charge < -0.3 is 13.9 Å². The summed E-state index contributed by atoms with van der Waals surface area (Å²) in [5, 5.41) is 0.0622. The average molecular weight is 513 g/mol. The third-order valence-electron chi connectivity index (χ3n) is 6.85. The Balaban J connectivity index is 3.98. The quantitative estimate of drug-likeness (QED) is 0.0667. The summed E-state index contributed by atoms with van der Waals surface area (Å²) in [6.45, 7) is 14.7. The molecular formula is C29H56O5Si. The Morgan fingerprint density at radius 2 is 1.31 bits per heavy atom. The highest BCUT2D eigenvalue weighted by Gasteiger charge is 2.38. The largest absolute Gasteiger partial charge is 0.462 e. The van der Waals surface area contributed by atoms with E-state index in [1.165, 1.54) is 64.7 Å². The lowest BCUT2D eigenvalue weighted by molar-refractivity contribution is -0.160. The molecule has 5 nitrogen and oxygen atoms in total. The van der Waals surface area contributed by atoms with Gasteiger partial charge >= 0.3 is 11.9 Å². The van der Waals surface area contributed by atoms with E-state index >= 15 is 0 Å². The maximum atomic E-state index is 12.3. The van der Waals surface area contributed by atoms with Crippen LogP contribution >= 0.6 is 0 Å². The monoisotopic (exact) mass is 512 g/mol. The van der Waals surface area contributed by atoms with Gasteiger partial charge in [-0.3, -0.25) is 9.59 Å². The lowest BCUT2D eigenvalue weighted by Crippen LogP contribution is -2.44. The van der Waals surface area contributed by atoms with Crippen LogP contribution in [0.4, 0.5) is 0 Å². The van der Waals surface area contributed by atoms with Gasteiger partial charge in [0.05, 0.1) is 6.61 Å². The van der Waals surface area contributed by atoms with E-state index in [0.717, 1.165) is 25.7 Å². The van der Waals surface area contributed by atoms with Crippen LogP contribution in [0, 0.1) is 0 Å². The molecule has 0 saturated carbocycles. The summed E-state index contributed by atoms with van der Waals surface area (Å²) < 4.78 is 16.9. The van der Waals surface area contributed by atoms with E-state index in [1.54, 1.807) is 0 Å². The lowest BCUT2D eigenvalue weighted by Gasteiger charge is -2.37. The molecule has 0 aliphatic heterocycles. The molecule has 6 heteroatoms.